The third-order valence-electron chi connectivity index (χ3n) is 5.13. The van der Waals surface area contributed by atoms with Crippen molar-refractivity contribution in [3.8, 4) is 5.75 Å². The first-order valence-electron chi connectivity index (χ1n) is 10.0. The lowest BCUT2D eigenvalue weighted by molar-refractivity contribution is -0.892. The minimum atomic E-state index is 0.183. The van der Waals surface area contributed by atoms with Gasteiger partial charge >= 0.3 is 0 Å². The van der Waals surface area contributed by atoms with E-state index in [4.69, 9.17) is 4.74 Å². The number of carbonyl (C=O) groups excluding carboxylic acids is 1. The van der Waals surface area contributed by atoms with Crippen LogP contribution in [0, 0.1) is 5.92 Å². The summed E-state index contributed by atoms with van der Waals surface area (Å²) in [4.78, 5) is 16.0. The second kappa shape index (κ2) is 10.4. The van der Waals surface area contributed by atoms with Crippen LogP contribution in [0.2, 0.25) is 0 Å². The lowest BCUT2D eigenvalue weighted by Crippen LogP contribution is -3.16. The molecule has 1 amide bonds. The maximum Gasteiger partial charge on any atom is 0.275 e. The number of carbonyl (C=O) groups is 1. The summed E-state index contributed by atoms with van der Waals surface area (Å²) < 4.78 is 5.47. The van der Waals surface area contributed by atoms with E-state index in [1.54, 1.807) is 7.11 Å². The van der Waals surface area contributed by atoms with E-state index in [2.05, 4.69) is 37.1 Å². The molecule has 26 heavy (non-hydrogen) atoms. The van der Waals surface area contributed by atoms with E-state index in [0.29, 0.717) is 6.54 Å². The summed E-state index contributed by atoms with van der Waals surface area (Å²) in [5.41, 5.74) is 1.15. The maximum atomic E-state index is 12.3. The zero-order valence-corrected chi connectivity index (χ0v) is 16.9. The molecule has 1 heterocycles. The van der Waals surface area contributed by atoms with Crippen LogP contribution < -0.4 is 19.9 Å². The second-order valence-corrected chi connectivity index (χ2v) is 7.88. The summed E-state index contributed by atoms with van der Waals surface area (Å²) in [6, 6.07) is 8.43. The Morgan fingerprint density at radius 2 is 1.88 bits per heavy atom. The molecule has 1 aliphatic heterocycles. The van der Waals surface area contributed by atoms with Crippen molar-refractivity contribution in [3.05, 3.63) is 24.3 Å². The maximum absolute atomic E-state index is 12.3. The van der Waals surface area contributed by atoms with Gasteiger partial charge in [0.05, 0.1) is 39.0 Å². The Labute approximate surface area is 158 Å². The average molecular weight is 363 g/mol. The van der Waals surface area contributed by atoms with Crippen LogP contribution in [0.1, 0.15) is 40.0 Å². The molecular formula is C21H36N3O2+. The molecular weight excluding hydrogens is 326 g/mol. The molecule has 0 unspecified atom stereocenters. The normalized spacial score (nSPS) is 16.6. The van der Waals surface area contributed by atoms with E-state index in [9.17, 15) is 4.79 Å². The molecule has 1 aromatic carbocycles. The number of hydrogen-bond donors (Lipinski definition) is 2. The fourth-order valence-corrected chi connectivity index (χ4v) is 3.59. The molecule has 2 rings (SSSR count). The van der Waals surface area contributed by atoms with Crippen LogP contribution >= 0.6 is 0 Å². The smallest absolute Gasteiger partial charge is 0.275 e. The van der Waals surface area contributed by atoms with Gasteiger partial charge in [-0.25, -0.2) is 0 Å². The predicted octanol–water partition coefficient (Wildman–Crippen LogP) is 1.73. The first-order chi connectivity index (χ1) is 12.5. The number of hydrogen-bond acceptors (Lipinski definition) is 3. The highest BCUT2D eigenvalue weighted by molar-refractivity contribution is 5.77. The third-order valence-corrected chi connectivity index (χ3v) is 5.13. The number of amides is 1. The standard InChI is InChI=1S/C21H35N3O2/c1-17(2)8-7-9-18(3)22-21(25)16-23-12-14-24(15-13-23)19-10-5-6-11-20(19)26-4/h5-6,10-11,17-18H,7-9,12-16H2,1-4H3,(H,22,25)/p+1/t18-/m1/s1. The lowest BCUT2D eigenvalue weighted by atomic mass is 10.0. The van der Waals surface area contributed by atoms with Gasteiger partial charge in [-0.1, -0.05) is 38.8 Å². The van der Waals surface area contributed by atoms with Crippen LogP contribution in [0.15, 0.2) is 24.3 Å². The number of methoxy groups -OCH3 is 1. The zero-order valence-electron chi connectivity index (χ0n) is 16.9. The summed E-state index contributed by atoms with van der Waals surface area (Å²) >= 11 is 0. The van der Waals surface area contributed by atoms with E-state index in [0.717, 1.165) is 50.0 Å². The number of benzene rings is 1. The van der Waals surface area contributed by atoms with Gasteiger partial charge in [-0.3, -0.25) is 4.79 Å². The van der Waals surface area contributed by atoms with E-state index < -0.39 is 0 Å². The van der Waals surface area contributed by atoms with Crippen LogP contribution in [0.25, 0.3) is 0 Å². The van der Waals surface area contributed by atoms with Crippen LogP contribution in [0.5, 0.6) is 5.75 Å². The Bertz CT molecular complexity index is 554. The Kier molecular flexibility index (Phi) is 8.23. The average Bonchev–Trinajstić information content (AvgIpc) is 2.62. The fourth-order valence-electron chi connectivity index (χ4n) is 3.59. The summed E-state index contributed by atoms with van der Waals surface area (Å²) in [6.45, 7) is 11.1. The second-order valence-electron chi connectivity index (χ2n) is 7.88. The molecule has 0 spiro atoms. The topological polar surface area (TPSA) is 46.0 Å². The predicted molar refractivity (Wildman–Crippen MR) is 107 cm³/mol. The number of rotatable bonds is 9. The number of nitrogens with one attached hydrogen (secondary N) is 2. The number of piperazine rings is 1. The van der Waals surface area contributed by atoms with Crippen molar-refractivity contribution >= 4 is 11.6 Å². The van der Waals surface area contributed by atoms with Crippen molar-refractivity contribution in [2.75, 3.05) is 44.7 Å². The Hall–Kier alpha value is -1.75. The molecule has 5 heteroatoms. The van der Waals surface area contributed by atoms with Gasteiger partial charge in [0.1, 0.15) is 5.75 Å². The molecule has 1 aromatic rings. The minimum Gasteiger partial charge on any atom is -0.495 e. The third kappa shape index (κ3) is 6.52. The molecule has 0 radical (unpaired) electrons. The molecule has 2 N–H and O–H groups in total. The van der Waals surface area contributed by atoms with Crippen molar-refractivity contribution in [1.82, 2.24) is 5.32 Å². The van der Waals surface area contributed by atoms with Gasteiger partial charge in [-0.05, 0) is 31.4 Å². The van der Waals surface area contributed by atoms with Gasteiger partial charge in [-0.2, -0.15) is 0 Å². The lowest BCUT2D eigenvalue weighted by Gasteiger charge is -2.34. The van der Waals surface area contributed by atoms with Crippen LogP contribution in [0.4, 0.5) is 5.69 Å². The molecule has 1 saturated heterocycles. The van der Waals surface area contributed by atoms with Crippen molar-refractivity contribution in [2.45, 2.75) is 46.1 Å². The monoisotopic (exact) mass is 362 g/mol. The molecule has 0 aromatic heterocycles. The minimum absolute atomic E-state index is 0.183. The van der Waals surface area contributed by atoms with Crippen molar-refractivity contribution in [2.24, 2.45) is 5.92 Å². The molecule has 146 valence electrons. The Morgan fingerprint density at radius 1 is 1.19 bits per heavy atom. The summed E-state index contributed by atoms with van der Waals surface area (Å²) in [6.07, 6.45) is 3.49. The quantitative estimate of drug-likeness (QED) is 0.703. The van der Waals surface area contributed by atoms with Crippen molar-refractivity contribution in [3.63, 3.8) is 0 Å². The van der Waals surface area contributed by atoms with E-state index in [1.165, 1.54) is 17.7 Å². The summed E-state index contributed by atoms with van der Waals surface area (Å²) in [5, 5.41) is 3.17. The van der Waals surface area contributed by atoms with E-state index in [-0.39, 0.29) is 11.9 Å². The molecule has 0 aliphatic carbocycles. The van der Waals surface area contributed by atoms with Gasteiger partial charge in [0, 0.05) is 6.04 Å². The number of quaternary nitrogens is 1. The molecule has 5 nitrogen and oxygen atoms in total. The van der Waals surface area contributed by atoms with Crippen molar-refractivity contribution < 1.29 is 14.4 Å². The number of ether oxygens (including phenoxy) is 1. The molecule has 0 bridgehead atoms. The Morgan fingerprint density at radius 3 is 2.54 bits per heavy atom. The van der Waals surface area contributed by atoms with Crippen LogP contribution in [-0.4, -0.2) is 51.8 Å². The van der Waals surface area contributed by atoms with Gasteiger partial charge in [0.15, 0.2) is 6.54 Å². The summed E-state index contributed by atoms with van der Waals surface area (Å²) in [7, 11) is 1.72. The van der Waals surface area contributed by atoms with E-state index >= 15 is 0 Å². The van der Waals surface area contributed by atoms with Crippen LogP contribution in [0.3, 0.4) is 0 Å². The number of nitrogens with zero attached hydrogens (tertiary/aromatic N) is 1. The number of anilines is 1. The van der Waals surface area contributed by atoms with Gasteiger partial charge in [-0.15, -0.1) is 0 Å². The zero-order chi connectivity index (χ0) is 18.9. The molecule has 1 atom stereocenters. The highest BCUT2D eigenvalue weighted by atomic mass is 16.5. The van der Waals surface area contributed by atoms with Gasteiger partial charge < -0.3 is 19.9 Å². The first-order valence-corrected chi connectivity index (χ1v) is 10.0. The highest BCUT2D eigenvalue weighted by Gasteiger charge is 2.24. The Balaban J connectivity index is 1.72. The molecule has 1 fully saturated rings. The molecule has 0 saturated carbocycles. The first kappa shape index (κ1) is 20.6. The molecule has 1 aliphatic rings. The highest BCUT2D eigenvalue weighted by Crippen LogP contribution is 2.27. The fraction of sp³-hybridized carbons (Fsp3) is 0.667. The summed E-state index contributed by atoms with van der Waals surface area (Å²) in [5.74, 6) is 1.84. The largest absolute Gasteiger partial charge is 0.495 e. The van der Waals surface area contributed by atoms with Gasteiger partial charge in [0.2, 0.25) is 0 Å². The van der Waals surface area contributed by atoms with Crippen molar-refractivity contribution in [1.29, 1.82) is 0 Å². The van der Waals surface area contributed by atoms with E-state index in [1.807, 2.05) is 18.2 Å². The SMILES string of the molecule is COc1ccccc1N1CC[NH+](CC(=O)N[C@H](C)CCCC(C)C)CC1. The van der Waals surface area contributed by atoms with Gasteiger partial charge in [0.25, 0.3) is 5.91 Å². The number of para-hydroxylation sites is 2. The van der Waals surface area contributed by atoms with Crippen LogP contribution in [-0.2, 0) is 4.79 Å².